The number of thioether (sulfide) groups is 1. The van der Waals surface area contributed by atoms with Gasteiger partial charge >= 0.3 is 0 Å². The van der Waals surface area contributed by atoms with Crippen LogP contribution in [0.5, 0.6) is 0 Å². The molecule has 0 aliphatic heterocycles. The molecule has 0 heterocycles. The van der Waals surface area contributed by atoms with Gasteiger partial charge in [-0.15, -0.1) is 11.8 Å². The summed E-state index contributed by atoms with van der Waals surface area (Å²) >= 11 is 1.67. The van der Waals surface area contributed by atoms with Crippen molar-refractivity contribution in [3.05, 3.63) is 64.2 Å². The standard InChI is InChI=1S/C15H16N2O2S/c1-2-16-14-9-8-12(10-15(14)17(18)19)11-20-13-6-4-3-5-7-13/h3-10,16H,2,11H2,1H3. The van der Waals surface area contributed by atoms with Crippen molar-refractivity contribution in [3.8, 4) is 0 Å². The van der Waals surface area contributed by atoms with Gasteiger partial charge < -0.3 is 5.32 Å². The number of nitro benzene ring substituents is 1. The highest BCUT2D eigenvalue weighted by Crippen LogP contribution is 2.29. The number of benzene rings is 2. The number of anilines is 1. The summed E-state index contributed by atoms with van der Waals surface area (Å²) in [7, 11) is 0. The van der Waals surface area contributed by atoms with Gasteiger partial charge in [0.25, 0.3) is 5.69 Å². The van der Waals surface area contributed by atoms with Gasteiger partial charge in [0, 0.05) is 23.3 Å². The molecule has 0 fully saturated rings. The average molecular weight is 288 g/mol. The van der Waals surface area contributed by atoms with Crippen molar-refractivity contribution >= 4 is 23.1 Å². The summed E-state index contributed by atoms with van der Waals surface area (Å²) in [4.78, 5) is 11.9. The Kier molecular flexibility index (Phi) is 5.01. The summed E-state index contributed by atoms with van der Waals surface area (Å²) in [6.45, 7) is 2.59. The molecule has 0 aliphatic rings. The number of rotatable bonds is 6. The third-order valence-corrected chi connectivity index (χ3v) is 3.86. The first kappa shape index (κ1) is 14.4. The van der Waals surface area contributed by atoms with E-state index in [4.69, 9.17) is 0 Å². The van der Waals surface area contributed by atoms with Crippen LogP contribution in [0.15, 0.2) is 53.4 Å². The van der Waals surface area contributed by atoms with Crippen molar-refractivity contribution in [2.45, 2.75) is 17.6 Å². The Labute approximate surface area is 122 Å². The summed E-state index contributed by atoms with van der Waals surface area (Å²) in [5.74, 6) is 0.720. The molecule has 2 aromatic carbocycles. The van der Waals surface area contributed by atoms with Crippen LogP contribution in [0.2, 0.25) is 0 Å². The van der Waals surface area contributed by atoms with Crippen LogP contribution in [0.1, 0.15) is 12.5 Å². The first-order valence-corrected chi connectivity index (χ1v) is 7.38. The third-order valence-electron chi connectivity index (χ3n) is 2.77. The molecule has 0 radical (unpaired) electrons. The van der Waals surface area contributed by atoms with Crippen LogP contribution in [0, 0.1) is 10.1 Å². The van der Waals surface area contributed by atoms with Crippen LogP contribution in [0.25, 0.3) is 0 Å². The largest absolute Gasteiger partial charge is 0.380 e. The molecule has 104 valence electrons. The number of hydrogen-bond acceptors (Lipinski definition) is 4. The fourth-order valence-electron chi connectivity index (χ4n) is 1.84. The Hall–Kier alpha value is -2.01. The zero-order chi connectivity index (χ0) is 14.4. The molecule has 5 heteroatoms. The molecule has 0 atom stereocenters. The highest BCUT2D eigenvalue weighted by Gasteiger charge is 2.13. The second-order valence-corrected chi connectivity index (χ2v) is 5.29. The van der Waals surface area contributed by atoms with Gasteiger partial charge in [0.15, 0.2) is 0 Å². The lowest BCUT2D eigenvalue weighted by Gasteiger charge is -2.07. The minimum absolute atomic E-state index is 0.137. The lowest BCUT2D eigenvalue weighted by atomic mass is 10.2. The summed E-state index contributed by atoms with van der Waals surface area (Å²) < 4.78 is 0. The SMILES string of the molecule is CCNc1ccc(CSc2ccccc2)cc1[N+](=O)[O-]. The van der Waals surface area contributed by atoms with E-state index in [1.165, 1.54) is 0 Å². The molecule has 0 aromatic heterocycles. The summed E-state index contributed by atoms with van der Waals surface area (Å²) in [5, 5.41) is 14.1. The van der Waals surface area contributed by atoms with E-state index in [0.717, 1.165) is 16.2 Å². The van der Waals surface area contributed by atoms with Gasteiger partial charge in [0.2, 0.25) is 0 Å². The Morgan fingerprint density at radius 1 is 1.20 bits per heavy atom. The van der Waals surface area contributed by atoms with E-state index in [1.807, 2.05) is 43.3 Å². The fourth-order valence-corrected chi connectivity index (χ4v) is 2.70. The quantitative estimate of drug-likeness (QED) is 0.488. The van der Waals surface area contributed by atoms with Crippen LogP contribution in [-0.4, -0.2) is 11.5 Å². The van der Waals surface area contributed by atoms with Crippen molar-refractivity contribution in [3.63, 3.8) is 0 Å². The van der Waals surface area contributed by atoms with Crippen LogP contribution < -0.4 is 5.32 Å². The zero-order valence-electron chi connectivity index (χ0n) is 11.2. The summed E-state index contributed by atoms with van der Waals surface area (Å²) in [6, 6.07) is 15.4. The second kappa shape index (κ2) is 6.96. The number of nitrogens with zero attached hydrogens (tertiary/aromatic N) is 1. The molecule has 20 heavy (non-hydrogen) atoms. The highest BCUT2D eigenvalue weighted by atomic mass is 32.2. The third kappa shape index (κ3) is 3.74. The maximum Gasteiger partial charge on any atom is 0.292 e. The molecule has 0 unspecified atom stereocenters. The highest BCUT2D eigenvalue weighted by molar-refractivity contribution is 7.98. The second-order valence-electron chi connectivity index (χ2n) is 4.24. The van der Waals surface area contributed by atoms with Crippen molar-refractivity contribution < 1.29 is 4.92 Å². The topological polar surface area (TPSA) is 55.2 Å². The zero-order valence-corrected chi connectivity index (χ0v) is 12.0. The number of hydrogen-bond donors (Lipinski definition) is 1. The van der Waals surface area contributed by atoms with Crippen LogP contribution >= 0.6 is 11.8 Å². The van der Waals surface area contributed by atoms with Gasteiger partial charge in [-0.3, -0.25) is 10.1 Å². The molecule has 0 spiro atoms. The van der Waals surface area contributed by atoms with Gasteiger partial charge in [-0.1, -0.05) is 24.3 Å². The lowest BCUT2D eigenvalue weighted by molar-refractivity contribution is -0.384. The normalized spacial score (nSPS) is 10.2. The van der Waals surface area contributed by atoms with Crippen molar-refractivity contribution in [1.82, 2.24) is 0 Å². The van der Waals surface area contributed by atoms with E-state index in [-0.39, 0.29) is 10.6 Å². The van der Waals surface area contributed by atoms with Gasteiger partial charge in [0.1, 0.15) is 5.69 Å². The Morgan fingerprint density at radius 2 is 1.95 bits per heavy atom. The first-order chi connectivity index (χ1) is 9.70. The Morgan fingerprint density at radius 3 is 2.60 bits per heavy atom. The summed E-state index contributed by atoms with van der Waals surface area (Å²) in [6.07, 6.45) is 0. The molecule has 0 bridgehead atoms. The van der Waals surface area contributed by atoms with E-state index < -0.39 is 0 Å². The van der Waals surface area contributed by atoms with E-state index in [2.05, 4.69) is 5.32 Å². The van der Waals surface area contributed by atoms with Gasteiger partial charge in [-0.25, -0.2) is 0 Å². The molecule has 2 aromatic rings. The monoisotopic (exact) mass is 288 g/mol. The maximum atomic E-state index is 11.1. The van der Waals surface area contributed by atoms with E-state index in [9.17, 15) is 10.1 Å². The molecule has 4 nitrogen and oxygen atoms in total. The molecule has 0 saturated heterocycles. The average Bonchev–Trinajstić information content (AvgIpc) is 2.47. The van der Waals surface area contributed by atoms with Gasteiger partial charge in [-0.05, 0) is 30.7 Å². The number of nitro groups is 1. The predicted molar refractivity (Wildman–Crippen MR) is 83.3 cm³/mol. The molecule has 1 N–H and O–H groups in total. The predicted octanol–water partition coefficient (Wildman–Crippen LogP) is 4.32. The first-order valence-electron chi connectivity index (χ1n) is 6.39. The lowest BCUT2D eigenvalue weighted by Crippen LogP contribution is -2.01. The summed E-state index contributed by atoms with van der Waals surface area (Å²) in [5.41, 5.74) is 1.66. The van der Waals surface area contributed by atoms with Crippen molar-refractivity contribution in [2.24, 2.45) is 0 Å². The van der Waals surface area contributed by atoms with Gasteiger partial charge in [0.05, 0.1) is 4.92 Å². The smallest absolute Gasteiger partial charge is 0.292 e. The minimum Gasteiger partial charge on any atom is -0.380 e. The molecule has 0 saturated carbocycles. The molecule has 2 rings (SSSR count). The van der Waals surface area contributed by atoms with E-state index in [0.29, 0.717) is 12.2 Å². The van der Waals surface area contributed by atoms with Crippen molar-refractivity contribution in [1.29, 1.82) is 0 Å². The van der Waals surface area contributed by atoms with Crippen LogP contribution in [-0.2, 0) is 5.75 Å². The fraction of sp³-hybridized carbons (Fsp3) is 0.200. The molecular weight excluding hydrogens is 272 g/mol. The van der Waals surface area contributed by atoms with Crippen molar-refractivity contribution in [2.75, 3.05) is 11.9 Å². The Balaban J connectivity index is 2.13. The molecular formula is C15H16N2O2S. The molecule has 0 aliphatic carbocycles. The van der Waals surface area contributed by atoms with Crippen LogP contribution in [0.4, 0.5) is 11.4 Å². The van der Waals surface area contributed by atoms with E-state index >= 15 is 0 Å². The Bertz CT molecular complexity index is 588. The molecule has 0 amide bonds. The van der Waals surface area contributed by atoms with Gasteiger partial charge in [-0.2, -0.15) is 0 Å². The van der Waals surface area contributed by atoms with E-state index in [1.54, 1.807) is 23.9 Å². The number of nitrogens with one attached hydrogen (secondary N) is 1. The maximum absolute atomic E-state index is 11.1. The van der Waals surface area contributed by atoms with Crippen LogP contribution in [0.3, 0.4) is 0 Å². The minimum atomic E-state index is -0.339.